The summed E-state index contributed by atoms with van der Waals surface area (Å²) in [4.78, 5) is 16.6. The van der Waals surface area contributed by atoms with Gasteiger partial charge in [-0.15, -0.1) is 0 Å². The Hall–Kier alpha value is -2.17. The summed E-state index contributed by atoms with van der Waals surface area (Å²) < 4.78 is 0. The average Bonchev–Trinajstić information content (AvgIpc) is 2.67. The fourth-order valence-electron chi connectivity index (χ4n) is 1.39. The second kappa shape index (κ2) is 3.91. The van der Waals surface area contributed by atoms with Gasteiger partial charge in [-0.1, -0.05) is 30.3 Å². The van der Waals surface area contributed by atoms with E-state index in [0.29, 0.717) is 12.1 Å². The minimum absolute atomic E-state index is 0.0288. The molecule has 15 heavy (non-hydrogen) atoms. The number of H-pyrrole nitrogens is 1. The summed E-state index contributed by atoms with van der Waals surface area (Å²) in [5.74, 6) is -0.0288. The van der Waals surface area contributed by atoms with Crippen molar-refractivity contribution >= 4 is 5.82 Å². The lowest BCUT2D eigenvalue weighted by Crippen LogP contribution is -1.95. The Balaban J connectivity index is 2.25. The van der Waals surface area contributed by atoms with Crippen molar-refractivity contribution in [1.29, 1.82) is 0 Å². The zero-order valence-corrected chi connectivity index (χ0v) is 7.88. The third-order valence-electron chi connectivity index (χ3n) is 2.09. The summed E-state index contributed by atoms with van der Waals surface area (Å²) in [6, 6.07) is 9.53. The molecule has 0 bridgehead atoms. The predicted octanol–water partition coefficient (Wildman–Crippen LogP) is 1.91. The van der Waals surface area contributed by atoms with Gasteiger partial charge < -0.3 is 10.1 Å². The van der Waals surface area contributed by atoms with Crippen LogP contribution in [-0.2, 0) is 6.42 Å². The van der Waals surface area contributed by atoms with Crippen molar-refractivity contribution in [1.82, 2.24) is 9.97 Å². The molecular formula is C10H9N3O2. The first-order chi connectivity index (χ1) is 7.27. The van der Waals surface area contributed by atoms with E-state index < -0.39 is 4.92 Å². The number of aromatic nitrogens is 2. The molecule has 5 nitrogen and oxygen atoms in total. The average molecular weight is 203 g/mol. The van der Waals surface area contributed by atoms with Crippen LogP contribution in [0.1, 0.15) is 11.3 Å². The fraction of sp³-hybridized carbons (Fsp3) is 0.100. The van der Waals surface area contributed by atoms with Gasteiger partial charge in [-0.05, 0) is 10.5 Å². The molecule has 2 rings (SSSR count). The number of benzene rings is 1. The van der Waals surface area contributed by atoms with E-state index in [1.165, 1.54) is 6.33 Å². The molecule has 1 heterocycles. The number of rotatable bonds is 3. The molecule has 0 aliphatic rings. The van der Waals surface area contributed by atoms with Crippen molar-refractivity contribution in [2.45, 2.75) is 6.42 Å². The van der Waals surface area contributed by atoms with E-state index in [1.54, 1.807) is 0 Å². The highest BCUT2D eigenvalue weighted by molar-refractivity contribution is 5.31. The second-order valence-electron chi connectivity index (χ2n) is 3.12. The van der Waals surface area contributed by atoms with Gasteiger partial charge in [0, 0.05) is 6.42 Å². The van der Waals surface area contributed by atoms with E-state index >= 15 is 0 Å². The molecular weight excluding hydrogens is 194 g/mol. The van der Waals surface area contributed by atoms with E-state index in [-0.39, 0.29) is 5.82 Å². The van der Waals surface area contributed by atoms with Crippen molar-refractivity contribution in [2.24, 2.45) is 0 Å². The van der Waals surface area contributed by atoms with Crippen LogP contribution < -0.4 is 0 Å². The minimum atomic E-state index is -0.453. The Bertz CT molecular complexity index is 465. The van der Waals surface area contributed by atoms with Crippen LogP contribution in [0.3, 0.4) is 0 Å². The van der Waals surface area contributed by atoms with Crippen LogP contribution in [0.15, 0.2) is 36.7 Å². The van der Waals surface area contributed by atoms with Gasteiger partial charge in [-0.25, -0.2) is 9.97 Å². The van der Waals surface area contributed by atoms with Crippen LogP contribution >= 0.6 is 0 Å². The van der Waals surface area contributed by atoms with Crippen molar-refractivity contribution < 1.29 is 4.92 Å². The molecule has 0 aliphatic carbocycles. The number of imidazole rings is 1. The van der Waals surface area contributed by atoms with Crippen LogP contribution in [0.4, 0.5) is 5.82 Å². The Morgan fingerprint density at radius 2 is 2.07 bits per heavy atom. The topological polar surface area (TPSA) is 71.8 Å². The summed E-state index contributed by atoms with van der Waals surface area (Å²) in [7, 11) is 0. The monoisotopic (exact) mass is 203 g/mol. The second-order valence-corrected chi connectivity index (χ2v) is 3.12. The fourth-order valence-corrected chi connectivity index (χ4v) is 1.39. The van der Waals surface area contributed by atoms with E-state index in [1.807, 2.05) is 30.3 Å². The van der Waals surface area contributed by atoms with Crippen LogP contribution in [0, 0.1) is 10.1 Å². The normalized spacial score (nSPS) is 10.1. The lowest BCUT2D eigenvalue weighted by Gasteiger charge is -1.97. The SMILES string of the molecule is O=[N+]([O-])c1[nH]cnc1Cc1ccccc1. The predicted molar refractivity (Wildman–Crippen MR) is 54.5 cm³/mol. The summed E-state index contributed by atoms with van der Waals surface area (Å²) >= 11 is 0. The zero-order valence-electron chi connectivity index (χ0n) is 7.88. The molecule has 0 saturated carbocycles. The molecule has 76 valence electrons. The standard InChI is InChI=1S/C10H9N3O2/c14-13(15)10-9(11-7-12-10)6-8-4-2-1-3-5-8/h1-5,7H,6H2,(H,11,12). The van der Waals surface area contributed by atoms with Crippen LogP contribution in [0.25, 0.3) is 0 Å². The first-order valence-electron chi connectivity index (χ1n) is 4.48. The molecule has 1 aromatic carbocycles. The molecule has 0 amide bonds. The molecule has 0 atom stereocenters. The quantitative estimate of drug-likeness (QED) is 0.611. The molecule has 0 saturated heterocycles. The van der Waals surface area contributed by atoms with E-state index in [9.17, 15) is 10.1 Å². The summed E-state index contributed by atoms with van der Waals surface area (Å²) in [5.41, 5.74) is 1.47. The van der Waals surface area contributed by atoms with Gasteiger partial charge in [0.15, 0.2) is 6.33 Å². The summed E-state index contributed by atoms with van der Waals surface area (Å²) in [6.07, 6.45) is 1.82. The van der Waals surface area contributed by atoms with Crippen LogP contribution in [-0.4, -0.2) is 14.9 Å². The minimum Gasteiger partial charge on any atom is -0.358 e. The number of hydrogen-bond acceptors (Lipinski definition) is 3. The summed E-state index contributed by atoms with van der Waals surface area (Å²) in [6.45, 7) is 0. The van der Waals surface area contributed by atoms with Gasteiger partial charge >= 0.3 is 5.82 Å². The third-order valence-corrected chi connectivity index (χ3v) is 2.09. The maximum atomic E-state index is 10.6. The van der Waals surface area contributed by atoms with Crippen molar-refractivity contribution in [2.75, 3.05) is 0 Å². The molecule has 0 unspecified atom stereocenters. The highest BCUT2D eigenvalue weighted by Crippen LogP contribution is 2.16. The first-order valence-corrected chi connectivity index (χ1v) is 4.48. The van der Waals surface area contributed by atoms with Crippen LogP contribution in [0.2, 0.25) is 0 Å². The van der Waals surface area contributed by atoms with E-state index in [4.69, 9.17) is 0 Å². The molecule has 0 fully saturated rings. The first kappa shape index (κ1) is 9.39. The largest absolute Gasteiger partial charge is 0.358 e. The lowest BCUT2D eigenvalue weighted by atomic mass is 10.1. The van der Waals surface area contributed by atoms with E-state index in [0.717, 1.165) is 5.56 Å². The molecule has 0 spiro atoms. The highest BCUT2D eigenvalue weighted by Gasteiger charge is 2.14. The molecule has 1 N–H and O–H groups in total. The molecule has 2 aromatic rings. The van der Waals surface area contributed by atoms with Gasteiger partial charge in [0.2, 0.25) is 0 Å². The van der Waals surface area contributed by atoms with Crippen molar-refractivity contribution in [3.05, 3.63) is 58.0 Å². The summed E-state index contributed by atoms with van der Waals surface area (Å²) in [5, 5.41) is 10.6. The van der Waals surface area contributed by atoms with Crippen molar-refractivity contribution in [3.8, 4) is 0 Å². The van der Waals surface area contributed by atoms with Gasteiger partial charge in [0.1, 0.15) is 5.69 Å². The number of nitro groups is 1. The highest BCUT2D eigenvalue weighted by atomic mass is 16.6. The molecule has 1 aromatic heterocycles. The Morgan fingerprint density at radius 3 is 2.73 bits per heavy atom. The Kier molecular flexibility index (Phi) is 2.45. The number of aromatic amines is 1. The maximum absolute atomic E-state index is 10.6. The van der Waals surface area contributed by atoms with Gasteiger partial charge in [-0.2, -0.15) is 0 Å². The molecule has 0 radical (unpaired) electrons. The Morgan fingerprint density at radius 1 is 1.33 bits per heavy atom. The number of nitrogens with zero attached hydrogens (tertiary/aromatic N) is 2. The smallest absolute Gasteiger partial charge is 0.344 e. The number of hydrogen-bond donors (Lipinski definition) is 1. The van der Waals surface area contributed by atoms with Crippen LogP contribution in [0.5, 0.6) is 0 Å². The third kappa shape index (κ3) is 2.01. The zero-order chi connectivity index (χ0) is 10.7. The van der Waals surface area contributed by atoms with Crippen molar-refractivity contribution in [3.63, 3.8) is 0 Å². The Labute approximate surface area is 85.9 Å². The lowest BCUT2D eigenvalue weighted by molar-refractivity contribution is -0.390. The molecule has 0 aliphatic heterocycles. The van der Waals surface area contributed by atoms with E-state index in [2.05, 4.69) is 9.97 Å². The number of nitrogens with one attached hydrogen (secondary N) is 1. The molecule has 5 heteroatoms. The van der Waals surface area contributed by atoms with Gasteiger partial charge in [0.05, 0.1) is 0 Å². The maximum Gasteiger partial charge on any atom is 0.344 e. The van der Waals surface area contributed by atoms with Gasteiger partial charge in [0.25, 0.3) is 0 Å². The van der Waals surface area contributed by atoms with Gasteiger partial charge in [-0.3, -0.25) is 0 Å².